The molecule has 100 valence electrons. The number of nitrogens with two attached hydrogens (primary N) is 1. The maximum absolute atomic E-state index is 12.4. The zero-order chi connectivity index (χ0) is 13.5. The molecule has 2 N–H and O–H groups in total. The van der Waals surface area contributed by atoms with Crippen LogP contribution in [0.25, 0.3) is 0 Å². The Kier molecular flexibility index (Phi) is 3.32. The molecule has 2 rings (SSSR count). The van der Waals surface area contributed by atoms with Gasteiger partial charge < -0.3 is 5.73 Å². The summed E-state index contributed by atoms with van der Waals surface area (Å²) in [4.78, 5) is 26.3. The van der Waals surface area contributed by atoms with Gasteiger partial charge in [-0.25, -0.2) is 0 Å². The Hall–Kier alpha value is -1.16. The van der Waals surface area contributed by atoms with E-state index < -0.39 is 0 Å². The molecular formula is C14H22N2O2. The Morgan fingerprint density at radius 3 is 2.00 bits per heavy atom. The van der Waals surface area contributed by atoms with Crippen LogP contribution in [0.4, 0.5) is 0 Å². The third kappa shape index (κ3) is 1.99. The summed E-state index contributed by atoms with van der Waals surface area (Å²) in [6.07, 6.45) is 5.38. The first-order valence-electron chi connectivity index (χ1n) is 6.60. The highest BCUT2D eigenvalue weighted by Crippen LogP contribution is 2.38. The minimum absolute atomic E-state index is 0.0280. The lowest BCUT2D eigenvalue weighted by molar-refractivity contribution is -0.145. The Bertz CT molecular complexity index is 369. The van der Waals surface area contributed by atoms with Crippen LogP contribution >= 0.6 is 0 Å². The smallest absolute Gasteiger partial charge is 0.233 e. The SMILES string of the molecule is CC(C)(C)C(CN)N1C(=O)C2CC=CCC2C1=O. The van der Waals surface area contributed by atoms with Crippen molar-refractivity contribution in [2.45, 2.75) is 39.7 Å². The normalized spacial score (nSPS) is 29.7. The first-order chi connectivity index (χ1) is 8.38. The summed E-state index contributed by atoms with van der Waals surface area (Å²) < 4.78 is 0. The van der Waals surface area contributed by atoms with E-state index in [4.69, 9.17) is 5.73 Å². The van der Waals surface area contributed by atoms with Crippen molar-refractivity contribution in [3.05, 3.63) is 12.2 Å². The molecule has 3 atom stereocenters. The van der Waals surface area contributed by atoms with Gasteiger partial charge in [0, 0.05) is 6.54 Å². The number of allylic oxidation sites excluding steroid dienone is 2. The molecule has 0 aromatic heterocycles. The molecule has 1 aliphatic carbocycles. The highest BCUT2D eigenvalue weighted by molar-refractivity contribution is 6.05. The minimum Gasteiger partial charge on any atom is -0.328 e. The van der Waals surface area contributed by atoms with E-state index in [2.05, 4.69) is 0 Å². The summed E-state index contributed by atoms with van der Waals surface area (Å²) in [5, 5.41) is 0. The van der Waals surface area contributed by atoms with E-state index >= 15 is 0 Å². The maximum atomic E-state index is 12.4. The molecule has 4 heteroatoms. The molecule has 2 aliphatic rings. The zero-order valence-electron chi connectivity index (χ0n) is 11.3. The van der Waals surface area contributed by atoms with Crippen molar-refractivity contribution in [3.63, 3.8) is 0 Å². The number of nitrogens with zero attached hydrogens (tertiary/aromatic N) is 1. The molecular weight excluding hydrogens is 228 g/mol. The third-order valence-electron chi connectivity index (χ3n) is 4.08. The van der Waals surface area contributed by atoms with Crippen molar-refractivity contribution in [1.82, 2.24) is 4.90 Å². The molecule has 1 aliphatic heterocycles. The van der Waals surface area contributed by atoms with Crippen molar-refractivity contribution < 1.29 is 9.59 Å². The highest BCUT2D eigenvalue weighted by atomic mass is 16.2. The van der Waals surface area contributed by atoms with Gasteiger partial charge in [-0.05, 0) is 18.3 Å². The Balaban J connectivity index is 2.30. The number of imide groups is 1. The van der Waals surface area contributed by atoms with Crippen LogP contribution in [0.2, 0.25) is 0 Å². The van der Waals surface area contributed by atoms with Gasteiger partial charge in [0.25, 0.3) is 0 Å². The Morgan fingerprint density at radius 1 is 1.22 bits per heavy atom. The van der Waals surface area contributed by atoms with Crippen LogP contribution in [0.5, 0.6) is 0 Å². The van der Waals surface area contributed by atoms with Crippen molar-refractivity contribution >= 4 is 11.8 Å². The first kappa shape index (κ1) is 13.3. The molecule has 1 heterocycles. The topological polar surface area (TPSA) is 63.4 Å². The summed E-state index contributed by atoms with van der Waals surface area (Å²) in [5.41, 5.74) is 5.61. The van der Waals surface area contributed by atoms with Crippen molar-refractivity contribution in [2.24, 2.45) is 23.0 Å². The molecule has 18 heavy (non-hydrogen) atoms. The van der Waals surface area contributed by atoms with Gasteiger partial charge >= 0.3 is 0 Å². The zero-order valence-corrected chi connectivity index (χ0v) is 11.3. The van der Waals surface area contributed by atoms with Crippen molar-refractivity contribution in [2.75, 3.05) is 6.54 Å². The summed E-state index contributed by atoms with van der Waals surface area (Å²) in [6, 6.07) is -0.205. The fraction of sp³-hybridized carbons (Fsp3) is 0.714. The van der Waals surface area contributed by atoms with E-state index in [0.717, 1.165) is 0 Å². The number of carbonyl (C=O) groups is 2. The van der Waals surface area contributed by atoms with Gasteiger partial charge in [-0.15, -0.1) is 0 Å². The fourth-order valence-corrected chi connectivity index (χ4v) is 2.98. The van der Waals surface area contributed by atoms with Crippen molar-refractivity contribution in [3.8, 4) is 0 Å². The van der Waals surface area contributed by atoms with Crippen molar-refractivity contribution in [1.29, 1.82) is 0 Å². The molecule has 0 spiro atoms. The van der Waals surface area contributed by atoms with E-state index in [1.807, 2.05) is 32.9 Å². The molecule has 0 bridgehead atoms. The average molecular weight is 250 g/mol. The lowest BCUT2D eigenvalue weighted by Gasteiger charge is -2.36. The van der Waals surface area contributed by atoms with Crippen LogP contribution < -0.4 is 5.73 Å². The van der Waals surface area contributed by atoms with Crippen LogP contribution in [0, 0.1) is 17.3 Å². The standard InChI is InChI=1S/C14H22N2O2/c1-14(2,3)11(8-15)16-12(17)9-6-4-5-7-10(9)13(16)18/h4-5,9-11H,6-8,15H2,1-3H3. The number of fused-ring (bicyclic) bond motifs is 1. The van der Waals surface area contributed by atoms with Gasteiger partial charge in [0.1, 0.15) is 0 Å². The lowest BCUT2D eigenvalue weighted by Crippen LogP contribution is -2.51. The van der Waals surface area contributed by atoms with Gasteiger partial charge in [0.05, 0.1) is 17.9 Å². The quantitative estimate of drug-likeness (QED) is 0.593. The van der Waals surface area contributed by atoms with Gasteiger partial charge in [0.2, 0.25) is 11.8 Å². The van der Waals surface area contributed by atoms with Crippen LogP contribution in [-0.2, 0) is 9.59 Å². The summed E-state index contributed by atoms with van der Waals surface area (Å²) in [7, 11) is 0. The van der Waals surface area contributed by atoms with Crippen LogP contribution in [0.1, 0.15) is 33.6 Å². The molecule has 4 nitrogen and oxygen atoms in total. The summed E-state index contributed by atoms with van der Waals surface area (Å²) in [6.45, 7) is 6.38. The fourth-order valence-electron chi connectivity index (χ4n) is 2.98. The molecule has 1 saturated heterocycles. The average Bonchev–Trinajstić information content (AvgIpc) is 2.54. The largest absolute Gasteiger partial charge is 0.328 e. The Morgan fingerprint density at radius 2 is 1.67 bits per heavy atom. The molecule has 0 saturated carbocycles. The maximum Gasteiger partial charge on any atom is 0.233 e. The number of amides is 2. The van der Waals surface area contributed by atoms with Crippen LogP contribution in [-0.4, -0.2) is 29.3 Å². The molecule has 1 fully saturated rings. The lowest BCUT2D eigenvalue weighted by atomic mass is 9.85. The summed E-state index contributed by atoms with van der Waals surface area (Å²) in [5.74, 6) is -0.364. The molecule has 0 radical (unpaired) electrons. The molecule has 3 unspecified atom stereocenters. The van der Waals surface area contributed by atoms with Gasteiger partial charge in [-0.3, -0.25) is 14.5 Å². The van der Waals surface area contributed by atoms with E-state index in [1.54, 1.807) is 0 Å². The van der Waals surface area contributed by atoms with Crippen LogP contribution in [0.15, 0.2) is 12.2 Å². The van der Waals surface area contributed by atoms with E-state index in [-0.39, 0.29) is 35.1 Å². The third-order valence-corrected chi connectivity index (χ3v) is 4.08. The number of rotatable bonds is 2. The number of hydrogen-bond acceptors (Lipinski definition) is 3. The predicted octanol–water partition coefficient (Wildman–Crippen LogP) is 1.31. The second-order valence-electron chi connectivity index (χ2n) is 6.32. The van der Waals surface area contributed by atoms with E-state index in [1.165, 1.54) is 4.90 Å². The number of likely N-dealkylation sites (tertiary alicyclic amines) is 1. The predicted molar refractivity (Wildman–Crippen MR) is 69.5 cm³/mol. The van der Waals surface area contributed by atoms with Crippen LogP contribution in [0.3, 0.4) is 0 Å². The second kappa shape index (κ2) is 4.50. The second-order valence-corrected chi connectivity index (χ2v) is 6.32. The number of hydrogen-bond donors (Lipinski definition) is 1. The van der Waals surface area contributed by atoms with E-state index in [0.29, 0.717) is 19.4 Å². The summed E-state index contributed by atoms with van der Waals surface area (Å²) >= 11 is 0. The van der Waals surface area contributed by atoms with Gasteiger partial charge in [-0.2, -0.15) is 0 Å². The van der Waals surface area contributed by atoms with Gasteiger partial charge in [0.15, 0.2) is 0 Å². The molecule has 0 aromatic carbocycles. The van der Waals surface area contributed by atoms with Gasteiger partial charge in [-0.1, -0.05) is 32.9 Å². The minimum atomic E-state index is -0.205. The highest BCUT2D eigenvalue weighted by Gasteiger charge is 2.51. The van der Waals surface area contributed by atoms with E-state index in [9.17, 15) is 9.59 Å². The monoisotopic (exact) mass is 250 g/mol. The Labute approximate surface area is 108 Å². The first-order valence-corrected chi connectivity index (χ1v) is 6.60. The molecule has 2 amide bonds. The number of carbonyl (C=O) groups excluding carboxylic acids is 2. The molecule has 0 aromatic rings.